The number of benzene rings is 5. The molecular formula is C56H48Cl2F10N12O4. The minimum absolute atomic E-state index is 0.110. The first-order chi connectivity index (χ1) is 39.7. The molecule has 0 saturated heterocycles. The summed E-state index contributed by atoms with van der Waals surface area (Å²) in [5.74, 6) is -3.73. The summed E-state index contributed by atoms with van der Waals surface area (Å²) >= 11 is 11.9. The third-order valence-electron chi connectivity index (χ3n) is 11.6. The van der Waals surface area contributed by atoms with Crippen LogP contribution < -0.4 is 21.3 Å². The van der Waals surface area contributed by atoms with Crippen molar-refractivity contribution in [2.75, 3.05) is 21.3 Å². The maximum Gasteiger partial charge on any atom is 0.282 e. The molecule has 0 atom stereocenters. The molecule has 9 aromatic rings. The lowest BCUT2D eigenvalue weighted by atomic mass is 10.0. The molecule has 0 spiro atoms. The first-order valence-corrected chi connectivity index (χ1v) is 25.1. The number of carbonyl (C=O) groups excluding carboxylic acids is 4. The molecule has 4 amide bonds. The number of aryl methyl sites for hydroxylation is 5. The molecule has 440 valence electrons. The summed E-state index contributed by atoms with van der Waals surface area (Å²) < 4.78 is 134. The fraction of sp³-hybridized carbons (Fsp3) is 0.179. The number of amides is 4. The fourth-order valence-electron chi connectivity index (χ4n) is 7.64. The highest BCUT2D eigenvalue weighted by molar-refractivity contribution is 6.42. The van der Waals surface area contributed by atoms with E-state index >= 15 is 0 Å². The molecule has 0 aliphatic heterocycles. The Bertz CT molecular complexity index is 3800. The summed E-state index contributed by atoms with van der Waals surface area (Å²) in [6, 6.07) is 28.3. The van der Waals surface area contributed by atoms with Gasteiger partial charge in [-0.15, -0.1) is 0 Å². The molecule has 0 aliphatic rings. The SMILES string of the molecule is Cc1c(F)cccc1NC(=O)c1cn(C)nc1C(F)F.Cc1ccccc1NC(=O)c1cn(C)nc1C(F)F.Cn1cc(C(=O)Nc2ccc(F)cc2-c2ccc(Cl)c(Cl)c2)c(C(F)F)n1.Cn1cc(C(=O)Nc2ccccc2)c(C(F)F)n1. The molecule has 4 aromatic heterocycles. The quantitative estimate of drug-likeness (QED) is 0.0821. The number of nitrogens with one attached hydrogen (secondary N) is 4. The summed E-state index contributed by atoms with van der Waals surface area (Å²) in [4.78, 5) is 48.4. The van der Waals surface area contributed by atoms with Crippen molar-refractivity contribution in [2.24, 2.45) is 28.2 Å². The van der Waals surface area contributed by atoms with Gasteiger partial charge in [-0.25, -0.2) is 43.9 Å². The number of hydrogen-bond acceptors (Lipinski definition) is 8. The van der Waals surface area contributed by atoms with Gasteiger partial charge in [0.1, 0.15) is 34.4 Å². The Balaban J connectivity index is 0.000000182. The Morgan fingerprint density at radius 3 is 1.29 bits per heavy atom. The van der Waals surface area contributed by atoms with Crippen LogP contribution in [0.4, 0.5) is 66.7 Å². The summed E-state index contributed by atoms with van der Waals surface area (Å²) in [5, 5.41) is 25.0. The molecule has 0 bridgehead atoms. The summed E-state index contributed by atoms with van der Waals surface area (Å²) in [6.45, 7) is 3.31. The molecule has 4 N–H and O–H groups in total. The van der Waals surface area contributed by atoms with Crippen LogP contribution in [-0.2, 0) is 28.2 Å². The highest BCUT2D eigenvalue weighted by atomic mass is 35.5. The van der Waals surface area contributed by atoms with Crippen LogP contribution in [0.15, 0.2) is 134 Å². The summed E-state index contributed by atoms with van der Waals surface area (Å²) in [5.41, 5.74) is 0.559. The Labute approximate surface area is 482 Å². The molecular weight excluding hydrogens is 1170 g/mol. The smallest absolute Gasteiger partial charge is 0.282 e. The molecule has 0 fully saturated rings. The molecule has 0 unspecified atom stereocenters. The third kappa shape index (κ3) is 16.7. The topological polar surface area (TPSA) is 188 Å². The average Bonchev–Trinajstić information content (AvgIpc) is 3.85. The maximum atomic E-state index is 13.8. The van der Waals surface area contributed by atoms with E-state index in [1.807, 2.05) is 19.1 Å². The minimum Gasteiger partial charge on any atom is -0.322 e. The normalized spacial score (nSPS) is 10.9. The van der Waals surface area contributed by atoms with Crippen LogP contribution in [0.1, 0.15) is 101 Å². The lowest BCUT2D eigenvalue weighted by Crippen LogP contribution is -2.14. The van der Waals surface area contributed by atoms with Gasteiger partial charge < -0.3 is 21.3 Å². The first kappa shape index (κ1) is 63.9. The number of rotatable bonds is 13. The van der Waals surface area contributed by atoms with Crippen LogP contribution in [-0.4, -0.2) is 62.8 Å². The van der Waals surface area contributed by atoms with E-state index in [1.54, 1.807) is 48.5 Å². The van der Waals surface area contributed by atoms with Gasteiger partial charge in [-0.1, -0.05) is 71.7 Å². The molecule has 5 aromatic carbocycles. The van der Waals surface area contributed by atoms with Gasteiger partial charge in [0.2, 0.25) is 0 Å². The number of halogens is 12. The Hall–Kier alpha value is -9.30. The predicted molar refractivity (Wildman–Crippen MR) is 295 cm³/mol. The number of para-hydroxylation sites is 2. The molecule has 0 saturated carbocycles. The highest BCUT2D eigenvalue weighted by Gasteiger charge is 2.27. The van der Waals surface area contributed by atoms with Crippen LogP contribution in [0, 0.1) is 25.5 Å². The van der Waals surface area contributed by atoms with Gasteiger partial charge >= 0.3 is 0 Å². The van der Waals surface area contributed by atoms with E-state index in [2.05, 4.69) is 41.7 Å². The molecule has 16 nitrogen and oxygen atoms in total. The molecule has 28 heteroatoms. The number of nitrogens with zero attached hydrogens (tertiary/aromatic N) is 8. The summed E-state index contributed by atoms with van der Waals surface area (Å²) in [7, 11) is 5.86. The largest absolute Gasteiger partial charge is 0.322 e. The number of alkyl halides is 8. The van der Waals surface area contributed by atoms with Gasteiger partial charge in [0.15, 0.2) is 0 Å². The first-order valence-electron chi connectivity index (χ1n) is 24.4. The van der Waals surface area contributed by atoms with E-state index in [1.165, 1.54) is 112 Å². The van der Waals surface area contributed by atoms with E-state index in [0.717, 1.165) is 21.0 Å². The van der Waals surface area contributed by atoms with Gasteiger partial charge in [-0.2, -0.15) is 20.4 Å². The van der Waals surface area contributed by atoms with Crippen LogP contribution >= 0.6 is 23.2 Å². The van der Waals surface area contributed by atoms with Crippen molar-refractivity contribution in [3.63, 3.8) is 0 Å². The second kappa shape index (κ2) is 28.6. The molecule has 4 heterocycles. The van der Waals surface area contributed by atoms with E-state index < -0.39 is 83.7 Å². The zero-order valence-corrected chi connectivity index (χ0v) is 46.3. The summed E-state index contributed by atoms with van der Waals surface area (Å²) in [6.07, 6.45) is -6.36. The van der Waals surface area contributed by atoms with Crippen molar-refractivity contribution in [1.29, 1.82) is 0 Å². The zero-order valence-electron chi connectivity index (χ0n) is 44.8. The second-order valence-corrected chi connectivity index (χ2v) is 18.7. The number of carbonyl (C=O) groups is 4. The van der Waals surface area contributed by atoms with E-state index in [9.17, 15) is 63.1 Å². The molecule has 84 heavy (non-hydrogen) atoms. The zero-order chi connectivity index (χ0) is 61.7. The predicted octanol–water partition coefficient (Wildman–Crippen LogP) is 14.3. The van der Waals surface area contributed by atoms with Crippen molar-refractivity contribution in [3.8, 4) is 11.1 Å². The number of anilines is 4. The van der Waals surface area contributed by atoms with E-state index in [-0.39, 0.29) is 44.2 Å². The third-order valence-corrected chi connectivity index (χ3v) is 12.4. The van der Waals surface area contributed by atoms with E-state index in [4.69, 9.17) is 23.2 Å². The van der Waals surface area contributed by atoms with Crippen LogP contribution in [0.3, 0.4) is 0 Å². The van der Waals surface area contributed by atoms with E-state index in [0.29, 0.717) is 27.5 Å². The standard InChI is InChI=1S/C18H12Cl2F3N3O.C13H12F3N3O.C13H13F2N3O.C12H11F2N3O/c1-26-8-12(16(25-26)17(22)23)18(27)24-15-5-3-10(21)7-11(15)9-2-4-13(19)14(20)6-9;1-7-9(14)4-3-5-10(7)17-13(20)8-6-19(2)18-11(8)12(15)16;1-8-5-3-4-6-10(8)16-13(19)9-7-18(2)17-11(9)12(14)15;1-17-7-9(10(16-17)11(13)14)12(18)15-8-5-3-2-4-6-8/h2-8,17H,1H3,(H,24,27);3-6,12H,1-2H3,(H,17,20);3-7,12H,1-2H3,(H,16,19);2-7,11H,1H3,(H,15,18). The molecule has 0 aliphatic carbocycles. The Kier molecular flexibility index (Phi) is 21.7. The Morgan fingerprint density at radius 2 is 0.845 bits per heavy atom. The van der Waals surface area contributed by atoms with Crippen molar-refractivity contribution < 1.29 is 63.1 Å². The monoisotopic (exact) mass is 1210 g/mol. The van der Waals surface area contributed by atoms with Crippen LogP contribution in [0.5, 0.6) is 0 Å². The lowest BCUT2D eigenvalue weighted by molar-refractivity contribution is 0.100. The Morgan fingerprint density at radius 1 is 0.440 bits per heavy atom. The average molecular weight is 1210 g/mol. The fourth-order valence-corrected chi connectivity index (χ4v) is 7.94. The maximum absolute atomic E-state index is 13.8. The number of aromatic nitrogens is 8. The van der Waals surface area contributed by atoms with Crippen molar-refractivity contribution >= 4 is 69.6 Å². The molecule has 9 rings (SSSR count). The van der Waals surface area contributed by atoms with Gasteiger partial charge in [-0.05, 0) is 85.6 Å². The lowest BCUT2D eigenvalue weighted by Gasteiger charge is -2.12. The van der Waals surface area contributed by atoms with Gasteiger partial charge in [-0.3, -0.25) is 37.9 Å². The minimum atomic E-state index is -2.91. The van der Waals surface area contributed by atoms with Crippen LogP contribution in [0.2, 0.25) is 10.0 Å². The number of hydrogen-bond donors (Lipinski definition) is 4. The van der Waals surface area contributed by atoms with Crippen molar-refractivity contribution in [1.82, 2.24) is 39.1 Å². The second-order valence-electron chi connectivity index (χ2n) is 17.8. The highest BCUT2D eigenvalue weighted by Crippen LogP contribution is 2.35. The van der Waals surface area contributed by atoms with Gasteiger partial charge in [0.25, 0.3) is 49.3 Å². The van der Waals surface area contributed by atoms with Crippen molar-refractivity contribution in [2.45, 2.75) is 39.5 Å². The van der Waals surface area contributed by atoms with Crippen molar-refractivity contribution in [3.05, 3.63) is 212 Å². The van der Waals surface area contributed by atoms with Gasteiger partial charge in [0.05, 0.1) is 32.3 Å². The van der Waals surface area contributed by atoms with Gasteiger partial charge in [0, 0.05) is 86.9 Å². The van der Waals surface area contributed by atoms with Crippen LogP contribution in [0.25, 0.3) is 11.1 Å². The molecule has 0 radical (unpaired) electrons.